The van der Waals surface area contributed by atoms with Crippen LogP contribution in [0.25, 0.3) is 0 Å². The number of hydrogen-bond donors (Lipinski definition) is 2. The summed E-state index contributed by atoms with van der Waals surface area (Å²) in [6.07, 6.45) is 0. The predicted molar refractivity (Wildman–Crippen MR) is 81.6 cm³/mol. The van der Waals surface area contributed by atoms with Crippen LogP contribution in [-0.4, -0.2) is 5.91 Å². The van der Waals surface area contributed by atoms with Gasteiger partial charge in [-0.2, -0.15) is 0 Å². The second kappa shape index (κ2) is 6.53. The van der Waals surface area contributed by atoms with Crippen molar-refractivity contribution in [2.75, 3.05) is 0 Å². The highest BCUT2D eigenvalue weighted by atomic mass is 127. The molecule has 0 bridgehead atoms. The summed E-state index contributed by atoms with van der Waals surface area (Å²) in [5.41, 5.74) is 3.61. The predicted octanol–water partition coefficient (Wildman–Crippen LogP) is 2.47. The van der Waals surface area contributed by atoms with E-state index in [1.54, 1.807) is 12.1 Å². The molecule has 0 atom stereocenters. The third-order valence-corrected chi connectivity index (χ3v) is 3.29. The number of hydrazine groups is 1. The summed E-state index contributed by atoms with van der Waals surface area (Å²) >= 11 is 2.25. The molecule has 3 N–H and O–H groups in total. The lowest BCUT2D eigenvalue weighted by atomic mass is 10.1. The summed E-state index contributed by atoms with van der Waals surface area (Å²) < 4.78 is 6.81. The van der Waals surface area contributed by atoms with Crippen molar-refractivity contribution in [2.24, 2.45) is 5.84 Å². The largest absolute Gasteiger partial charge is 0.489 e. The van der Waals surface area contributed by atoms with Crippen LogP contribution in [0.5, 0.6) is 5.75 Å². The Hall–Kier alpha value is -1.60. The number of carbonyl (C=O) groups is 1. The van der Waals surface area contributed by atoms with Crippen molar-refractivity contribution in [1.29, 1.82) is 0 Å². The standard InChI is InChI=1S/C14H13IN2O2/c15-12-5-7-13(8-6-12)19-9-10-1-3-11(4-2-10)14(18)17-16/h1-8H,9,16H2,(H,17,18). The van der Waals surface area contributed by atoms with Gasteiger partial charge >= 0.3 is 0 Å². The summed E-state index contributed by atoms with van der Waals surface area (Å²) in [5, 5.41) is 0. The lowest BCUT2D eigenvalue weighted by Crippen LogP contribution is -2.29. The van der Waals surface area contributed by atoms with Gasteiger partial charge in [0, 0.05) is 9.13 Å². The van der Waals surface area contributed by atoms with Crippen molar-refractivity contribution in [2.45, 2.75) is 6.61 Å². The van der Waals surface area contributed by atoms with Gasteiger partial charge in [0.05, 0.1) is 0 Å². The minimum absolute atomic E-state index is 0.301. The molecule has 0 spiro atoms. The first-order valence-electron chi connectivity index (χ1n) is 5.67. The monoisotopic (exact) mass is 368 g/mol. The van der Waals surface area contributed by atoms with Crippen LogP contribution in [0.15, 0.2) is 48.5 Å². The summed E-state index contributed by atoms with van der Waals surface area (Å²) in [5.74, 6) is 5.59. The Morgan fingerprint density at radius 1 is 1.11 bits per heavy atom. The Morgan fingerprint density at radius 2 is 1.74 bits per heavy atom. The lowest BCUT2D eigenvalue weighted by Gasteiger charge is -2.07. The fraction of sp³-hybridized carbons (Fsp3) is 0.0714. The van der Waals surface area contributed by atoms with Crippen LogP contribution in [0.1, 0.15) is 15.9 Å². The minimum atomic E-state index is -0.301. The Labute approximate surface area is 125 Å². The molecule has 19 heavy (non-hydrogen) atoms. The quantitative estimate of drug-likeness (QED) is 0.377. The molecule has 0 unspecified atom stereocenters. The molecule has 98 valence electrons. The van der Waals surface area contributed by atoms with Crippen LogP contribution < -0.4 is 16.0 Å². The van der Waals surface area contributed by atoms with Crippen molar-refractivity contribution in [1.82, 2.24) is 5.43 Å². The topological polar surface area (TPSA) is 64.3 Å². The van der Waals surface area contributed by atoms with Crippen molar-refractivity contribution in [3.8, 4) is 5.75 Å². The number of ether oxygens (including phenoxy) is 1. The minimum Gasteiger partial charge on any atom is -0.489 e. The summed E-state index contributed by atoms with van der Waals surface area (Å²) in [6.45, 7) is 0.463. The SMILES string of the molecule is NNC(=O)c1ccc(COc2ccc(I)cc2)cc1. The molecule has 0 fully saturated rings. The molecular weight excluding hydrogens is 355 g/mol. The van der Waals surface area contributed by atoms with Crippen LogP contribution in [0.4, 0.5) is 0 Å². The fourth-order valence-corrected chi connectivity index (χ4v) is 1.89. The molecule has 2 aromatic rings. The van der Waals surface area contributed by atoms with Crippen LogP contribution >= 0.6 is 22.6 Å². The van der Waals surface area contributed by atoms with Crippen molar-refractivity contribution in [3.05, 3.63) is 63.2 Å². The normalized spacial score (nSPS) is 10.0. The summed E-state index contributed by atoms with van der Waals surface area (Å²) in [4.78, 5) is 11.3. The molecule has 0 aliphatic heterocycles. The number of rotatable bonds is 4. The van der Waals surface area contributed by atoms with Gasteiger partial charge in [-0.1, -0.05) is 12.1 Å². The van der Waals surface area contributed by atoms with Gasteiger partial charge in [-0.3, -0.25) is 10.2 Å². The molecule has 0 aliphatic carbocycles. The number of carbonyl (C=O) groups excluding carboxylic acids is 1. The maximum absolute atomic E-state index is 11.3. The molecule has 0 radical (unpaired) electrons. The van der Waals surface area contributed by atoms with Gasteiger partial charge in [0.1, 0.15) is 12.4 Å². The molecular formula is C14H13IN2O2. The lowest BCUT2D eigenvalue weighted by molar-refractivity contribution is 0.0953. The van der Waals surface area contributed by atoms with Gasteiger partial charge in [0.15, 0.2) is 0 Å². The molecule has 0 heterocycles. The molecule has 0 aliphatic rings. The van der Waals surface area contributed by atoms with Gasteiger partial charge in [-0.15, -0.1) is 0 Å². The van der Waals surface area contributed by atoms with Gasteiger partial charge in [0.25, 0.3) is 5.91 Å². The van der Waals surface area contributed by atoms with Gasteiger partial charge in [0.2, 0.25) is 0 Å². The highest BCUT2D eigenvalue weighted by Crippen LogP contribution is 2.15. The van der Waals surface area contributed by atoms with E-state index in [1.807, 2.05) is 36.4 Å². The van der Waals surface area contributed by atoms with E-state index in [-0.39, 0.29) is 5.91 Å². The van der Waals surface area contributed by atoms with Crippen molar-refractivity contribution in [3.63, 3.8) is 0 Å². The number of nitrogen functional groups attached to an aromatic ring is 1. The number of amides is 1. The Morgan fingerprint density at radius 3 is 2.32 bits per heavy atom. The van der Waals surface area contributed by atoms with Crippen LogP contribution in [0.2, 0.25) is 0 Å². The molecule has 1 amide bonds. The number of nitrogens with two attached hydrogens (primary N) is 1. The Kier molecular flexibility index (Phi) is 4.75. The van der Waals surface area contributed by atoms with Gasteiger partial charge in [-0.25, -0.2) is 5.84 Å². The van der Waals surface area contributed by atoms with Crippen molar-refractivity contribution >= 4 is 28.5 Å². The highest BCUT2D eigenvalue weighted by molar-refractivity contribution is 14.1. The van der Waals surface area contributed by atoms with Crippen LogP contribution in [0, 0.1) is 3.57 Å². The maximum atomic E-state index is 11.3. The average Bonchev–Trinajstić information content (AvgIpc) is 2.46. The fourth-order valence-electron chi connectivity index (χ4n) is 1.53. The zero-order valence-corrected chi connectivity index (χ0v) is 12.3. The zero-order valence-electron chi connectivity index (χ0n) is 10.1. The van der Waals surface area contributed by atoms with Crippen molar-refractivity contribution < 1.29 is 9.53 Å². The third-order valence-electron chi connectivity index (χ3n) is 2.57. The second-order valence-electron chi connectivity index (χ2n) is 3.91. The molecule has 0 saturated carbocycles. The van der Waals surface area contributed by atoms with Gasteiger partial charge < -0.3 is 4.74 Å². The second-order valence-corrected chi connectivity index (χ2v) is 5.16. The van der Waals surface area contributed by atoms with E-state index in [9.17, 15) is 4.79 Å². The number of hydrogen-bond acceptors (Lipinski definition) is 3. The van der Waals surface area contributed by atoms with Crippen LogP contribution in [-0.2, 0) is 6.61 Å². The first-order chi connectivity index (χ1) is 9.19. The van der Waals surface area contributed by atoms with E-state index in [4.69, 9.17) is 10.6 Å². The Bertz CT molecular complexity index is 553. The molecule has 0 saturated heterocycles. The van der Waals surface area contributed by atoms with E-state index >= 15 is 0 Å². The highest BCUT2D eigenvalue weighted by Gasteiger charge is 2.03. The average molecular weight is 368 g/mol. The molecule has 2 aromatic carbocycles. The summed E-state index contributed by atoms with van der Waals surface area (Å²) in [7, 11) is 0. The van der Waals surface area contributed by atoms with Crippen LogP contribution in [0.3, 0.4) is 0 Å². The van der Waals surface area contributed by atoms with Gasteiger partial charge in [-0.05, 0) is 64.6 Å². The summed E-state index contributed by atoms with van der Waals surface area (Å²) in [6, 6.07) is 15.0. The van der Waals surface area contributed by atoms with E-state index in [0.717, 1.165) is 11.3 Å². The number of benzene rings is 2. The molecule has 2 rings (SSSR count). The van der Waals surface area contributed by atoms with E-state index in [2.05, 4.69) is 28.0 Å². The first kappa shape index (κ1) is 13.8. The molecule has 0 aromatic heterocycles. The smallest absolute Gasteiger partial charge is 0.265 e. The first-order valence-corrected chi connectivity index (χ1v) is 6.75. The molecule has 4 nitrogen and oxygen atoms in total. The number of nitrogens with one attached hydrogen (secondary N) is 1. The van der Waals surface area contributed by atoms with E-state index < -0.39 is 0 Å². The maximum Gasteiger partial charge on any atom is 0.265 e. The Balaban J connectivity index is 1.96. The zero-order chi connectivity index (χ0) is 13.7. The number of halogens is 1. The van der Waals surface area contributed by atoms with E-state index in [1.165, 1.54) is 3.57 Å². The van der Waals surface area contributed by atoms with E-state index in [0.29, 0.717) is 12.2 Å². The third kappa shape index (κ3) is 3.93. The molecule has 5 heteroatoms.